The first-order valence-corrected chi connectivity index (χ1v) is 9.90. The predicted octanol–water partition coefficient (Wildman–Crippen LogP) is 4.51. The van der Waals surface area contributed by atoms with E-state index in [1.54, 1.807) is 21.3 Å². The van der Waals surface area contributed by atoms with Crippen molar-refractivity contribution in [3.8, 4) is 11.5 Å². The minimum atomic E-state index is 0.198. The molecule has 1 aliphatic heterocycles. The number of ether oxygens (including phenoxy) is 2. The van der Waals surface area contributed by atoms with Gasteiger partial charge in [0.1, 0.15) is 18.6 Å². The summed E-state index contributed by atoms with van der Waals surface area (Å²) in [5.74, 6) is 2.44. The Balaban J connectivity index is 1.72. The highest BCUT2D eigenvalue weighted by Gasteiger charge is 2.45. The largest absolute Gasteiger partial charge is 0.497 e. The van der Waals surface area contributed by atoms with Crippen molar-refractivity contribution in [2.24, 2.45) is 17.0 Å². The summed E-state index contributed by atoms with van der Waals surface area (Å²) in [7, 11) is 5.04. The Morgan fingerprint density at radius 1 is 0.750 bits per heavy atom. The topological polar surface area (TPSA) is 52.1 Å². The van der Waals surface area contributed by atoms with E-state index in [9.17, 15) is 0 Å². The van der Waals surface area contributed by atoms with Crippen molar-refractivity contribution in [2.45, 2.75) is 31.3 Å². The molecule has 2 fully saturated rings. The molecule has 2 aromatic rings. The van der Waals surface area contributed by atoms with Gasteiger partial charge in [-0.3, -0.25) is 0 Å². The fourth-order valence-electron chi connectivity index (χ4n) is 4.75. The molecule has 1 saturated heterocycles. The maximum Gasteiger partial charge on any atom is 0.118 e. The third-order valence-corrected chi connectivity index (χ3v) is 6.10. The van der Waals surface area contributed by atoms with Crippen LogP contribution in [0.15, 0.2) is 53.7 Å². The summed E-state index contributed by atoms with van der Waals surface area (Å²) in [5.41, 5.74) is 3.70. The minimum absolute atomic E-state index is 0.198. The summed E-state index contributed by atoms with van der Waals surface area (Å²) < 4.78 is 10.7. The van der Waals surface area contributed by atoms with Crippen LogP contribution in [0.25, 0.3) is 0 Å². The number of methoxy groups -OCH3 is 2. The molecule has 1 N–H and O–H groups in total. The zero-order valence-electron chi connectivity index (χ0n) is 16.7. The molecule has 5 nitrogen and oxygen atoms in total. The smallest absolute Gasteiger partial charge is 0.118 e. The van der Waals surface area contributed by atoms with Crippen molar-refractivity contribution in [1.82, 2.24) is 5.32 Å². The summed E-state index contributed by atoms with van der Waals surface area (Å²) in [6.45, 7) is 0. The SMILES string of the molecule is CON=C1[C@H]2CCC[C@@H]1[C@H](c1ccc(OC)cc1)N[C@@H]2c1ccc(OC)cc1. The quantitative estimate of drug-likeness (QED) is 0.776. The van der Waals surface area contributed by atoms with E-state index in [1.807, 2.05) is 24.3 Å². The van der Waals surface area contributed by atoms with Gasteiger partial charge < -0.3 is 19.6 Å². The number of hydrogen-bond acceptors (Lipinski definition) is 5. The van der Waals surface area contributed by atoms with Crippen LogP contribution in [-0.2, 0) is 4.84 Å². The Bertz CT molecular complexity index is 753. The summed E-state index contributed by atoms with van der Waals surface area (Å²) >= 11 is 0. The molecular formula is C23H28N2O3. The molecule has 2 aliphatic rings. The van der Waals surface area contributed by atoms with Crippen molar-refractivity contribution >= 4 is 5.71 Å². The molecular weight excluding hydrogens is 352 g/mol. The van der Waals surface area contributed by atoms with E-state index in [4.69, 9.17) is 14.3 Å². The Kier molecular flexibility index (Phi) is 5.53. The molecule has 0 radical (unpaired) electrons. The maximum absolute atomic E-state index is 5.33. The third kappa shape index (κ3) is 3.47. The lowest BCUT2D eigenvalue weighted by Gasteiger charge is -2.47. The van der Waals surface area contributed by atoms with Crippen molar-refractivity contribution < 1.29 is 14.3 Å². The van der Waals surface area contributed by atoms with Gasteiger partial charge in [0, 0.05) is 23.9 Å². The van der Waals surface area contributed by atoms with Crippen molar-refractivity contribution in [1.29, 1.82) is 0 Å². The van der Waals surface area contributed by atoms with Gasteiger partial charge in [-0.25, -0.2) is 0 Å². The number of nitrogens with one attached hydrogen (secondary N) is 1. The molecule has 0 unspecified atom stereocenters. The van der Waals surface area contributed by atoms with Crippen molar-refractivity contribution in [3.63, 3.8) is 0 Å². The molecule has 148 valence electrons. The number of piperidine rings is 1. The summed E-state index contributed by atoms with van der Waals surface area (Å²) in [6.07, 6.45) is 3.45. The zero-order valence-corrected chi connectivity index (χ0v) is 16.7. The fraction of sp³-hybridized carbons (Fsp3) is 0.435. The first kappa shape index (κ1) is 18.8. The van der Waals surface area contributed by atoms with Crippen LogP contribution in [0, 0.1) is 11.8 Å². The van der Waals surface area contributed by atoms with Crippen LogP contribution in [0.5, 0.6) is 11.5 Å². The molecule has 2 aromatic carbocycles. The summed E-state index contributed by atoms with van der Waals surface area (Å²) in [4.78, 5) is 5.28. The highest BCUT2D eigenvalue weighted by Crippen LogP contribution is 2.46. The molecule has 4 rings (SSSR count). The first-order chi connectivity index (χ1) is 13.7. The van der Waals surface area contributed by atoms with Crippen molar-refractivity contribution in [2.75, 3.05) is 21.3 Å². The predicted molar refractivity (Wildman–Crippen MR) is 110 cm³/mol. The lowest BCUT2D eigenvalue weighted by molar-refractivity contribution is 0.180. The van der Waals surface area contributed by atoms with Gasteiger partial charge in [0.15, 0.2) is 0 Å². The molecule has 1 heterocycles. The first-order valence-electron chi connectivity index (χ1n) is 9.90. The lowest BCUT2D eigenvalue weighted by atomic mass is 9.67. The Hall–Kier alpha value is -2.53. The van der Waals surface area contributed by atoms with E-state index < -0.39 is 0 Å². The number of fused-ring (bicyclic) bond motifs is 2. The van der Waals surface area contributed by atoms with Gasteiger partial charge in [0.25, 0.3) is 0 Å². The minimum Gasteiger partial charge on any atom is -0.497 e. The number of benzene rings is 2. The molecule has 0 aromatic heterocycles. The average Bonchev–Trinajstić information content (AvgIpc) is 2.74. The monoisotopic (exact) mass is 380 g/mol. The maximum atomic E-state index is 5.33. The van der Waals surface area contributed by atoms with Crippen LogP contribution in [-0.4, -0.2) is 27.0 Å². The van der Waals surface area contributed by atoms with Gasteiger partial charge in [0.2, 0.25) is 0 Å². The van der Waals surface area contributed by atoms with E-state index >= 15 is 0 Å². The van der Waals surface area contributed by atoms with Gasteiger partial charge >= 0.3 is 0 Å². The second kappa shape index (κ2) is 8.23. The van der Waals surface area contributed by atoms with Gasteiger partial charge in [-0.05, 0) is 48.2 Å². The summed E-state index contributed by atoms with van der Waals surface area (Å²) in [6, 6.07) is 17.1. The summed E-state index contributed by atoms with van der Waals surface area (Å²) in [5, 5.41) is 8.45. The van der Waals surface area contributed by atoms with Gasteiger partial charge in [0.05, 0.1) is 19.9 Å². The Morgan fingerprint density at radius 3 is 1.61 bits per heavy atom. The van der Waals surface area contributed by atoms with Crippen molar-refractivity contribution in [3.05, 3.63) is 59.7 Å². The van der Waals surface area contributed by atoms with E-state index in [0.717, 1.165) is 24.3 Å². The second-order valence-electron chi connectivity index (χ2n) is 7.51. The van der Waals surface area contributed by atoms with E-state index in [2.05, 4.69) is 34.7 Å². The van der Waals surface area contributed by atoms with E-state index in [1.165, 1.54) is 23.3 Å². The van der Waals surface area contributed by atoms with E-state index in [0.29, 0.717) is 11.8 Å². The number of nitrogens with zero attached hydrogens (tertiary/aromatic N) is 1. The average molecular weight is 380 g/mol. The highest BCUT2D eigenvalue weighted by atomic mass is 16.6. The van der Waals surface area contributed by atoms with Crippen LogP contribution < -0.4 is 14.8 Å². The molecule has 28 heavy (non-hydrogen) atoms. The Labute approximate surface area is 166 Å². The number of oxime groups is 1. The zero-order chi connectivity index (χ0) is 19.5. The molecule has 5 heteroatoms. The van der Waals surface area contributed by atoms with Gasteiger partial charge in [-0.2, -0.15) is 0 Å². The second-order valence-corrected chi connectivity index (χ2v) is 7.51. The van der Waals surface area contributed by atoms with Crippen LogP contribution in [0.4, 0.5) is 0 Å². The highest BCUT2D eigenvalue weighted by molar-refractivity contribution is 5.91. The van der Waals surface area contributed by atoms with E-state index in [-0.39, 0.29) is 12.1 Å². The van der Waals surface area contributed by atoms with Crippen LogP contribution in [0.1, 0.15) is 42.5 Å². The van der Waals surface area contributed by atoms with Crippen LogP contribution in [0.3, 0.4) is 0 Å². The third-order valence-electron chi connectivity index (χ3n) is 6.10. The molecule has 0 spiro atoms. The standard InChI is InChI=1S/C23H28N2O3/c1-26-17-11-7-15(8-12-17)21-19-5-4-6-20(23(19)25-28-3)22(24-21)16-9-13-18(27-2)14-10-16/h7-14,19-22,24H,4-6H2,1-3H3/t19-,20+,21+,22-. The molecule has 1 aliphatic carbocycles. The molecule has 4 atom stereocenters. The Morgan fingerprint density at radius 2 is 1.21 bits per heavy atom. The van der Waals surface area contributed by atoms with Gasteiger partial charge in [-0.1, -0.05) is 35.8 Å². The van der Waals surface area contributed by atoms with Crippen LogP contribution >= 0.6 is 0 Å². The molecule has 1 saturated carbocycles. The molecule has 0 amide bonds. The lowest BCUT2D eigenvalue weighted by Crippen LogP contribution is -2.50. The fourth-order valence-corrected chi connectivity index (χ4v) is 4.75. The number of rotatable bonds is 5. The van der Waals surface area contributed by atoms with Gasteiger partial charge in [-0.15, -0.1) is 0 Å². The number of hydrogen-bond donors (Lipinski definition) is 1. The van der Waals surface area contributed by atoms with Crippen LogP contribution in [0.2, 0.25) is 0 Å². The normalized spacial score (nSPS) is 28.0. The molecule has 2 bridgehead atoms.